The third kappa shape index (κ3) is 5.66. The molecule has 0 saturated heterocycles. The summed E-state index contributed by atoms with van der Waals surface area (Å²) in [5.74, 6) is 0.702. The van der Waals surface area contributed by atoms with Crippen LogP contribution in [0.25, 0.3) is 0 Å². The standard InChI is InChI=1S/C22H29NO4S/c1-15(23-21(25)22(2,3)4)18-8-6-7-9-20(18)28(26)14-19(24)16-10-12-17(27-5)13-11-16/h6-13,15,19,24H,14H2,1-5H3,(H,23,25)/t15-,19+,28?/m1/s1. The molecule has 3 atom stereocenters. The van der Waals surface area contributed by atoms with Gasteiger partial charge in [0.15, 0.2) is 0 Å². The number of nitrogens with one attached hydrogen (secondary N) is 1. The maximum Gasteiger partial charge on any atom is 0.225 e. The molecule has 0 radical (unpaired) electrons. The van der Waals surface area contributed by atoms with Gasteiger partial charge >= 0.3 is 0 Å². The Labute approximate surface area is 169 Å². The number of aliphatic hydroxyl groups excluding tert-OH is 1. The summed E-state index contributed by atoms with van der Waals surface area (Å²) in [4.78, 5) is 12.9. The van der Waals surface area contributed by atoms with E-state index in [0.717, 1.165) is 5.56 Å². The minimum atomic E-state index is -1.42. The summed E-state index contributed by atoms with van der Waals surface area (Å²) in [6, 6.07) is 14.1. The fourth-order valence-corrected chi connectivity index (χ4v) is 4.09. The summed E-state index contributed by atoms with van der Waals surface area (Å²) in [6.45, 7) is 7.43. The highest BCUT2D eigenvalue weighted by molar-refractivity contribution is 7.85. The average molecular weight is 404 g/mol. The number of benzene rings is 2. The summed E-state index contributed by atoms with van der Waals surface area (Å²) in [6.07, 6.45) is -0.862. The molecule has 0 aliphatic carbocycles. The normalized spacial score (nSPS) is 14.8. The van der Waals surface area contributed by atoms with Crippen LogP contribution >= 0.6 is 0 Å². The van der Waals surface area contributed by atoms with E-state index in [1.165, 1.54) is 0 Å². The Kier molecular flexibility index (Phi) is 7.38. The highest BCUT2D eigenvalue weighted by Gasteiger charge is 2.25. The molecular formula is C22H29NO4S. The number of aliphatic hydroxyl groups is 1. The van der Waals surface area contributed by atoms with Crippen LogP contribution in [0.15, 0.2) is 53.4 Å². The topological polar surface area (TPSA) is 75.6 Å². The van der Waals surface area contributed by atoms with Gasteiger partial charge in [0.1, 0.15) is 5.75 Å². The fraction of sp³-hybridized carbons (Fsp3) is 0.409. The van der Waals surface area contributed by atoms with Gasteiger partial charge in [-0.2, -0.15) is 0 Å². The van der Waals surface area contributed by atoms with Crippen LogP contribution in [-0.4, -0.2) is 28.1 Å². The quantitative estimate of drug-likeness (QED) is 0.738. The van der Waals surface area contributed by atoms with Gasteiger partial charge < -0.3 is 15.2 Å². The molecule has 5 nitrogen and oxygen atoms in total. The second-order valence-electron chi connectivity index (χ2n) is 7.78. The number of carbonyl (C=O) groups is 1. The van der Waals surface area contributed by atoms with Crippen molar-refractivity contribution in [2.75, 3.05) is 12.9 Å². The predicted molar refractivity (Wildman–Crippen MR) is 112 cm³/mol. The molecule has 2 aromatic rings. The second kappa shape index (κ2) is 9.34. The lowest BCUT2D eigenvalue weighted by Gasteiger charge is -2.23. The molecule has 0 spiro atoms. The van der Waals surface area contributed by atoms with Crippen molar-refractivity contribution in [2.45, 2.75) is 44.7 Å². The van der Waals surface area contributed by atoms with Crippen LogP contribution < -0.4 is 10.1 Å². The molecule has 0 heterocycles. The lowest BCUT2D eigenvalue weighted by molar-refractivity contribution is -0.129. The smallest absolute Gasteiger partial charge is 0.225 e. The highest BCUT2D eigenvalue weighted by atomic mass is 32.2. The van der Waals surface area contributed by atoms with Gasteiger partial charge in [-0.05, 0) is 36.2 Å². The van der Waals surface area contributed by atoms with Gasteiger partial charge in [-0.25, -0.2) is 0 Å². The maximum atomic E-state index is 13.0. The number of hydrogen-bond acceptors (Lipinski definition) is 4. The van der Waals surface area contributed by atoms with E-state index in [-0.39, 0.29) is 17.7 Å². The van der Waals surface area contributed by atoms with E-state index < -0.39 is 22.3 Å². The van der Waals surface area contributed by atoms with Crippen LogP contribution in [0.5, 0.6) is 5.75 Å². The minimum absolute atomic E-state index is 0.0705. The van der Waals surface area contributed by atoms with E-state index in [1.807, 2.05) is 45.9 Å². The molecule has 2 N–H and O–H groups in total. The van der Waals surface area contributed by atoms with Crippen LogP contribution in [0.2, 0.25) is 0 Å². The Morgan fingerprint density at radius 3 is 2.32 bits per heavy atom. The van der Waals surface area contributed by atoms with Gasteiger partial charge in [0.25, 0.3) is 0 Å². The molecule has 28 heavy (non-hydrogen) atoms. The van der Waals surface area contributed by atoms with Crippen LogP contribution in [0, 0.1) is 5.41 Å². The number of carbonyl (C=O) groups excluding carboxylic acids is 1. The van der Waals surface area contributed by atoms with Crippen LogP contribution in [0.3, 0.4) is 0 Å². The zero-order valence-corrected chi connectivity index (χ0v) is 17.9. The summed E-state index contributed by atoms with van der Waals surface area (Å²) >= 11 is 0. The largest absolute Gasteiger partial charge is 0.497 e. The molecule has 0 bridgehead atoms. The van der Waals surface area contributed by atoms with Crippen molar-refractivity contribution in [3.8, 4) is 5.75 Å². The zero-order chi connectivity index (χ0) is 20.9. The van der Waals surface area contributed by atoms with Crippen molar-refractivity contribution in [1.29, 1.82) is 0 Å². The van der Waals surface area contributed by atoms with Crippen molar-refractivity contribution < 1.29 is 18.8 Å². The number of methoxy groups -OCH3 is 1. The Bertz CT molecular complexity index is 827. The highest BCUT2D eigenvalue weighted by Crippen LogP contribution is 2.26. The molecule has 2 aromatic carbocycles. The first-order valence-electron chi connectivity index (χ1n) is 9.23. The van der Waals surface area contributed by atoms with Gasteiger partial charge in [0, 0.05) is 10.3 Å². The molecular weight excluding hydrogens is 374 g/mol. The van der Waals surface area contributed by atoms with Crippen molar-refractivity contribution in [3.05, 3.63) is 59.7 Å². The summed E-state index contributed by atoms with van der Waals surface area (Å²) in [5.41, 5.74) is 0.966. The monoisotopic (exact) mass is 403 g/mol. The molecule has 0 aliphatic heterocycles. The van der Waals surface area contributed by atoms with Crippen molar-refractivity contribution in [3.63, 3.8) is 0 Å². The van der Waals surface area contributed by atoms with Gasteiger partial charge in [0.2, 0.25) is 5.91 Å². The van der Waals surface area contributed by atoms with E-state index in [9.17, 15) is 14.1 Å². The van der Waals surface area contributed by atoms with Crippen LogP contribution in [-0.2, 0) is 15.6 Å². The Morgan fingerprint density at radius 2 is 1.75 bits per heavy atom. The first-order chi connectivity index (χ1) is 13.1. The molecule has 1 unspecified atom stereocenters. The molecule has 6 heteroatoms. The van der Waals surface area contributed by atoms with E-state index in [2.05, 4.69) is 5.32 Å². The Morgan fingerprint density at radius 1 is 1.14 bits per heavy atom. The zero-order valence-electron chi connectivity index (χ0n) is 17.1. The van der Waals surface area contributed by atoms with E-state index >= 15 is 0 Å². The SMILES string of the molecule is COc1ccc([C@@H](O)CS(=O)c2ccccc2[C@@H](C)NC(=O)C(C)(C)C)cc1. The summed E-state index contributed by atoms with van der Waals surface area (Å²) in [5, 5.41) is 13.5. The molecule has 0 aliphatic rings. The first-order valence-corrected chi connectivity index (χ1v) is 10.6. The Balaban J connectivity index is 2.16. The maximum absolute atomic E-state index is 13.0. The molecule has 152 valence electrons. The molecule has 0 fully saturated rings. The molecule has 0 saturated carbocycles. The van der Waals surface area contributed by atoms with E-state index in [1.54, 1.807) is 37.4 Å². The van der Waals surface area contributed by atoms with Crippen molar-refractivity contribution in [1.82, 2.24) is 5.32 Å². The molecule has 1 amide bonds. The molecule has 0 aromatic heterocycles. The number of hydrogen-bond donors (Lipinski definition) is 2. The minimum Gasteiger partial charge on any atom is -0.497 e. The second-order valence-corrected chi connectivity index (χ2v) is 9.25. The summed E-state index contributed by atoms with van der Waals surface area (Å²) in [7, 11) is 0.159. The number of amides is 1. The Hall–Kier alpha value is -2.18. The van der Waals surface area contributed by atoms with Gasteiger partial charge in [-0.15, -0.1) is 0 Å². The average Bonchev–Trinajstić information content (AvgIpc) is 2.67. The first kappa shape index (κ1) is 22.1. The van der Waals surface area contributed by atoms with Crippen LogP contribution in [0.4, 0.5) is 0 Å². The molecule has 2 rings (SSSR count). The lowest BCUT2D eigenvalue weighted by Crippen LogP contribution is -2.36. The van der Waals surface area contributed by atoms with E-state index in [4.69, 9.17) is 4.74 Å². The van der Waals surface area contributed by atoms with Gasteiger partial charge in [-0.3, -0.25) is 9.00 Å². The number of ether oxygens (including phenoxy) is 1. The fourth-order valence-electron chi connectivity index (χ4n) is 2.69. The van der Waals surface area contributed by atoms with E-state index in [0.29, 0.717) is 16.2 Å². The van der Waals surface area contributed by atoms with Crippen molar-refractivity contribution >= 4 is 16.7 Å². The van der Waals surface area contributed by atoms with Gasteiger partial charge in [-0.1, -0.05) is 51.1 Å². The third-order valence-electron chi connectivity index (χ3n) is 4.47. The van der Waals surface area contributed by atoms with Crippen LogP contribution in [0.1, 0.15) is 51.0 Å². The predicted octanol–water partition coefficient (Wildman–Crippen LogP) is 3.76. The lowest BCUT2D eigenvalue weighted by atomic mass is 9.94. The number of rotatable bonds is 7. The third-order valence-corrected chi connectivity index (χ3v) is 5.95. The van der Waals surface area contributed by atoms with Crippen molar-refractivity contribution in [2.24, 2.45) is 5.41 Å². The van der Waals surface area contributed by atoms with Gasteiger partial charge in [0.05, 0.1) is 35.8 Å². The summed E-state index contributed by atoms with van der Waals surface area (Å²) < 4.78 is 18.1.